The van der Waals surface area contributed by atoms with Crippen molar-refractivity contribution < 1.29 is 14.6 Å². The third-order valence-corrected chi connectivity index (χ3v) is 2.99. The second kappa shape index (κ2) is 8.01. The summed E-state index contributed by atoms with van der Waals surface area (Å²) in [5.74, 6) is -0.254. The number of aromatic nitrogens is 1. The molecule has 2 aromatic rings. The lowest BCUT2D eigenvalue weighted by atomic mass is 10.2. The smallest absolute Gasteiger partial charge is 0.335 e. The van der Waals surface area contributed by atoms with Crippen LogP contribution in [-0.4, -0.2) is 35.8 Å². The van der Waals surface area contributed by atoms with Gasteiger partial charge in [0.05, 0.1) is 5.56 Å². The SMILES string of the molecule is O=C(O)c1ccc(OCCNCCc2ccncc2)cc1. The van der Waals surface area contributed by atoms with Crippen molar-refractivity contribution in [3.8, 4) is 5.75 Å². The Morgan fingerprint density at radius 1 is 1.10 bits per heavy atom. The first kappa shape index (κ1) is 15.0. The molecule has 1 aromatic carbocycles. The zero-order valence-corrected chi connectivity index (χ0v) is 11.7. The summed E-state index contributed by atoms with van der Waals surface area (Å²) in [4.78, 5) is 14.7. The Bertz CT molecular complexity index is 555. The molecule has 1 aromatic heterocycles. The molecule has 0 fully saturated rings. The highest BCUT2D eigenvalue weighted by molar-refractivity contribution is 5.87. The molecule has 0 radical (unpaired) electrons. The second-order valence-electron chi connectivity index (χ2n) is 4.53. The Labute approximate surface area is 123 Å². The maximum Gasteiger partial charge on any atom is 0.335 e. The van der Waals surface area contributed by atoms with Gasteiger partial charge in [0.25, 0.3) is 0 Å². The minimum Gasteiger partial charge on any atom is -0.492 e. The average molecular weight is 286 g/mol. The van der Waals surface area contributed by atoms with Crippen LogP contribution in [0.4, 0.5) is 0 Å². The van der Waals surface area contributed by atoms with E-state index in [0.29, 0.717) is 12.4 Å². The summed E-state index contributed by atoms with van der Waals surface area (Å²) in [6.07, 6.45) is 4.54. The number of carbonyl (C=O) groups is 1. The molecule has 0 saturated carbocycles. The molecule has 1 heterocycles. The Morgan fingerprint density at radius 2 is 1.81 bits per heavy atom. The maximum absolute atomic E-state index is 10.7. The van der Waals surface area contributed by atoms with Gasteiger partial charge in [-0.05, 0) is 54.9 Å². The van der Waals surface area contributed by atoms with Crippen molar-refractivity contribution in [3.63, 3.8) is 0 Å². The van der Waals surface area contributed by atoms with E-state index in [4.69, 9.17) is 9.84 Å². The van der Waals surface area contributed by atoms with Crippen LogP contribution < -0.4 is 10.1 Å². The number of nitrogens with zero attached hydrogens (tertiary/aromatic N) is 1. The van der Waals surface area contributed by atoms with Crippen molar-refractivity contribution in [2.45, 2.75) is 6.42 Å². The van der Waals surface area contributed by atoms with Crippen LogP contribution in [0.15, 0.2) is 48.8 Å². The topological polar surface area (TPSA) is 71.5 Å². The largest absolute Gasteiger partial charge is 0.492 e. The molecule has 0 aliphatic carbocycles. The van der Waals surface area contributed by atoms with Gasteiger partial charge in [-0.15, -0.1) is 0 Å². The molecule has 5 nitrogen and oxygen atoms in total. The molecular formula is C16H18N2O3. The molecule has 0 aliphatic rings. The van der Waals surface area contributed by atoms with E-state index >= 15 is 0 Å². The van der Waals surface area contributed by atoms with Gasteiger partial charge in [-0.2, -0.15) is 0 Å². The van der Waals surface area contributed by atoms with Gasteiger partial charge in [-0.25, -0.2) is 4.79 Å². The highest BCUT2D eigenvalue weighted by atomic mass is 16.5. The summed E-state index contributed by atoms with van der Waals surface area (Å²) in [6, 6.07) is 10.4. The molecule has 5 heteroatoms. The van der Waals surface area contributed by atoms with Crippen LogP contribution in [0, 0.1) is 0 Å². The number of ether oxygens (including phenoxy) is 1. The van der Waals surface area contributed by atoms with Gasteiger partial charge in [0.1, 0.15) is 12.4 Å². The van der Waals surface area contributed by atoms with Crippen molar-refractivity contribution in [2.24, 2.45) is 0 Å². The molecule has 0 amide bonds. The van der Waals surface area contributed by atoms with E-state index in [2.05, 4.69) is 10.3 Å². The fraction of sp³-hybridized carbons (Fsp3) is 0.250. The Balaban J connectivity index is 1.60. The van der Waals surface area contributed by atoms with Crippen molar-refractivity contribution in [1.29, 1.82) is 0 Å². The number of carboxylic acids is 1. The number of carboxylic acid groups (broad SMARTS) is 1. The summed E-state index contributed by atoms with van der Waals surface area (Å²) < 4.78 is 5.53. The van der Waals surface area contributed by atoms with Crippen LogP contribution in [0.5, 0.6) is 5.75 Å². The van der Waals surface area contributed by atoms with E-state index in [-0.39, 0.29) is 5.56 Å². The van der Waals surface area contributed by atoms with Crippen LogP contribution in [0.3, 0.4) is 0 Å². The molecule has 2 N–H and O–H groups in total. The normalized spacial score (nSPS) is 10.3. The van der Waals surface area contributed by atoms with Crippen LogP contribution in [-0.2, 0) is 6.42 Å². The van der Waals surface area contributed by atoms with Crippen LogP contribution in [0.2, 0.25) is 0 Å². The van der Waals surface area contributed by atoms with E-state index in [1.807, 2.05) is 12.1 Å². The zero-order chi connectivity index (χ0) is 14.9. The quantitative estimate of drug-likeness (QED) is 0.726. The minimum atomic E-state index is -0.931. The fourth-order valence-electron chi connectivity index (χ4n) is 1.84. The molecule has 0 spiro atoms. The number of benzene rings is 1. The number of aromatic carboxylic acids is 1. The summed E-state index contributed by atoms with van der Waals surface area (Å²) in [6.45, 7) is 2.17. The maximum atomic E-state index is 10.7. The molecule has 0 saturated heterocycles. The predicted octanol–water partition coefficient (Wildman–Crippen LogP) is 1.99. The standard InChI is InChI=1S/C16H18N2O3/c19-16(20)14-1-3-15(4-2-14)21-12-11-18-10-7-13-5-8-17-9-6-13/h1-6,8-9,18H,7,10-12H2,(H,19,20). The third-order valence-electron chi connectivity index (χ3n) is 2.99. The van der Waals surface area contributed by atoms with Crippen molar-refractivity contribution in [2.75, 3.05) is 19.7 Å². The molecule has 2 rings (SSSR count). The summed E-state index contributed by atoms with van der Waals surface area (Å²) in [5, 5.41) is 12.1. The lowest BCUT2D eigenvalue weighted by molar-refractivity contribution is 0.0697. The molecule has 0 unspecified atom stereocenters. The molecule has 0 bridgehead atoms. The molecular weight excluding hydrogens is 268 g/mol. The van der Waals surface area contributed by atoms with E-state index in [1.165, 1.54) is 17.7 Å². The number of rotatable bonds is 8. The van der Waals surface area contributed by atoms with Gasteiger partial charge in [-0.1, -0.05) is 0 Å². The highest BCUT2D eigenvalue weighted by Crippen LogP contribution is 2.11. The van der Waals surface area contributed by atoms with Crippen molar-refractivity contribution in [3.05, 3.63) is 59.9 Å². The van der Waals surface area contributed by atoms with Crippen LogP contribution in [0.25, 0.3) is 0 Å². The number of pyridine rings is 1. The number of hydrogen-bond donors (Lipinski definition) is 2. The highest BCUT2D eigenvalue weighted by Gasteiger charge is 2.01. The lowest BCUT2D eigenvalue weighted by Crippen LogP contribution is -2.23. The van der Waals surface area contributed by atoms with Gasteiger partial charge in [0.2, 0.25) is 0 Å². The van der Waals surface area contributed by atoms with Crippen LogP contribution in [0.1, 0.15) is 15.9 Å². The van der Waals surface area contributed by atoms with Crippen molar-refractivity contribution >= 4 is 5.97 Å². The van der Waals surface area contributed by atoms with E-state index in [9.17, 15) is 4.79 Å². The third kappa shape index (κ3) is 5.24. The van der Waals surface area contributed by atoms with E-state index < -0.39 is 5.97 Å². The first-order valence-corrected chi connectivity index (χ1v) is 6.81. The van der Waals surface area contributed by atoms with Crippen molar-refractivity contribution in [1.82, 2.24) is 10.3 Å². The van der Waals surface area contributed by atoms with Gasteiger partial charge >= 0.3 is 5.97 Å². The van der Waals surface area contributed by atoms with Gasteiger partial charge in [-0.3, -0.25) is 4.98 Å². The Morgan fingerprint density at radius 3 is 2.48 bits per heavy atom. The number of hydrogen-bond acceptors (Lipinski definition) is 4. The van der Waals surface area contributed by atoms with E-state index in [1.54, 1.807) is 24.5 Å². The fourth-order valence-corrected chi connectivity index (χ4v) is 1.84. The van der Waals surface area contributed by atoms with Gasteiger partial charge in [0, 0.05) is 18.9 Å². The minimum absolute atomic E-state index is 0.262. The van der Waals surface area contributed by atoms with E-state index in [0.717, 1.165) is 19.5 Å². The summed E-state index contributed by atoms with van der Waals surface area (Å²) >= 11 is 0. The Hall–Kier alpha value is -2.40. The first-order chi connectivity index (χ1) is 10.3. The number of nitrogens with one attached hydrogen (secondary N) is 1. The second-order valence-corrected chi connectivity index (χ2v) is 4.53. The molecule has 0 atom stereocenters. The van der Waals surface area contributed by atoms with Gasteiger partial charge < -0.3 is 15.2 Å². The summed E-state index contributed by atoms with van der Waals surface area (Å²) in [5.41, 5.74) is 1.51. The first-order valence-electron chi connectivity index (χ1n) is 6.81. The molecule has 21 heavy (non-hydrogen) atoms. The molecule has 0 aliphatic heterocycles. The average Bonchev–Trinajstić information content (AvgIpc) is 2.52. The van der Waals surface area contributed by atoms with Crippen LogP contribution >= 0.6 is 0 Å². The zero-order valence-electron chi connectivity index (χ0n) is 11.7. The summed E-state index contributed by atoms with van der Waals surface area (Å²) in [7, 11) is 0. The lowest BCUT2D eigenvalue weighted by Gasteiger charge is -2.08. The molecule has 110 valence electrons. The van der Waals surface area contributed by atoms with Gasteiger partial charge in [0.15, 0.2) is 0 Å². The Kier molecular flexibility index (Phi) is 5.72. The predicted molar refractivity (Wildman–Crippen MR) is 79.7 cm³/mol. The monoisotopic (exact) mass is 286 g/mol.